The molecule has 4 N–H and O–H groups in total. The molecule has 0 saturated carbocycles. The van der Waals surface area contributed by atoms with E-state index in [1.165, 1.54) is 0 Å². The number of H-pyrrole nitrogens is 1. The van der Waals surface area contributed by atoms with Gasteiger partial charge < -0.3 is 10.3 Å². The van der Waals surface area contributed by atoms with Crippen molar-refractivity contribution in [2.45, 2.75) is 37.6 Å². The number of hydrogen-bond acceptors (Lipinski definition) is 5. The fourth-order valence-corrected chi connectivity index (χ4v) is 4.34. The van der Waals surface area contributed by atoms with Crippen LogP contribution in [0.5, 0.6) is 0 Å². The van der Waals surface area contributed by atoms with Gasteiger partial charge in [-0.25, -0.2) is 4.79 Å². The van der Waals surface area contributed by atoms with E-state index in [0.717, 1.165) is 29.3 Å². The van der Waals surface area contributed by atoms with Crippen molar-refractivity contribution < 1.29 is 19.2 Å². The molecule has 1 atom stereocenters. The number of aromatic amines is 1. The quantitative estimate of drug-likeness (QED) is 0.297. The maximum Gasteiger partial charge on any atom is 0.328 e. The van der Waals surface area contributed by atoms with Crippen molar-refractivity contribution in [1.29, 1.82) is 0 Å². The van der Waals surface area contributed by atoms with Crippen molar-refractivity contribution in [3.05, 3.63) is 71.9 Å². The molecule has 3 aromatic rings. The zero-order chi connectivity index (χ0) is 23.4. The average Bonchev–Trinajstić information content (AvgIpc) is 3.22. The maximum atomic E-state index is 14.1. The number of urea groups is 1. The van der Waals surface area contributed by atoms with Gasteiger partial charge in [0.05, 0.1) is 6.04 Å². The molecule has 4 amide bonds. The minimum atomic E-state index is -2.18. The van der Waals surface area contributed by atoms with Gasteiger partial charge in [0, 0.05) is 17.1 Å². The Morgan fingerprint density at radius 3 is 2.33 bits per heavy atom. The third-order valence-electron chi connectivity index (χ3n) is 6.05. The first-order chi connectivity index (χ1) is 16.0. The number of benzene rings is 2. The number of amides is 4. The van der Waals surface area contributed by atoms with Crippen molar-refractivity contribution in [1.82, 2.24) is 20.9 Å². The maximum absolute atomic E-state index is 14.1. The summed E-state index contributed by atoms with van der Waals surface area (Å²) in [7, 11) is 0. The molecule has 0 radical (unpaired) electrons. The molecule has 1 aliphatic heterocycles. The molecule has 0 unspecified atom stereocenters. The van der Waals surface area contributed by atoms with Crippen LogP contribution < -0.4 is 16.0 Å². The molecule has 33 heavy (non-hydrogen) atoms. The highest BCUT2D eigenvalue weighted by molar-refractivity contribution is 6.36. The normalized spacial score (nSPS) is 16.3. The van der Waals surface area contributed by atoms with E-state index in [-0.39, 0.29) is 12.0 Å². The second-order valence-electron chi connectivity index (χ2n) is 8.14. The van der Waals surface area contributed by atoms with Crippen LogP contribution in [0.15, 0.2) is 60.8 Å². The molecule has 8 nitrogen and oxygen atoms in total. The Hall–Kier alpha value is -3.78. The van der Waals surface area contributed by atoms with Crippen LogP contribution in [-0.2, 0) is 26.2 Å². The number of unbranched alkanes of at least 4 members (excludes halogenated alkanes) is 1. The summed E-state index contributed by atoms with van der Waals surface area (Å²) >= 11 is 0. The molecule has 8 heteroatoms. The highest BCUT2D eigenvalue weighted by Crippen LogP contribution is 2.31. The molecule has 170 valence electrons. The van der Waals surface area contributed by atoms with Gasteiger partial charge in [-0.1, -0.05) is 61.9 Å². The third kappa shape index (κ3) is 4.05. The van der Waals surface area contributed by atoms with Crippen LogP contribution in [0.4, 0.5) is 4.79 Å². The van der Waals surface area contributed by atoms with Gasteiger partial charge in [-0.05, 0) is 36.6 Å². The number of rotatable bonds is 9. The van der Waals surface area contributed by atoms with Gasteiger partial charge in [0.25, 0.3) is 11.8 Å². The van der Waals surface area contributed by atoms with E-state index < -0.39 is 35.1 Å². The molecule has 1 aromatic heterocycles. The first kappa shape index (κ1) is 22.4. The molecule has 0 bridgehead atoms. The number of imide groups is 2. The van der Waals surface area contributed by atoms with E-state index in [4.69, 9.17) is 0 Å². The lowest BCUT2D eigenvalue weighted by molar-refractivity contribution is -0.146. The van der Waals surface area contributed by atoms with Crippen LogP contribution in [-0.4, -0.2) is 41.2 Å². The first-order valence-corrected chi connectivity index (χ1v) is 11.0. The van der Waals surface area contributed by atoms with Crippen LogP contribution in [0.3, 0.4) is 0 Å². The molecular formula is C25H26N4O4. The molecule has 1 saturated heterocycles. The molecule has 2 aromatic carbocycles. The molecule has 4 rings (SSSR count). The topological polar surface area (TPSA) is 120 Å². The second-order valence-corrected chi connectivity index (χ2v) is 8.14. The van der Waals surface area contributed by atoms with E-state index in [1.54, 1.807) is 30.3 Å². The lowest BCUT2D eigenvalue weighted by Gasteiger charge is -2.35. The minimum Gasteiger partial charge on any atom is -0.361 e. The molecule has 0 spiro atoms. The second kappa shape index (κ2) is 9.38. The average molecular weight is 447 g/mol. The fraction of sp³-hybridized carbons (Fsp3) is 0.280. The SMILES string of the molecule is CCCCN[C@@H](Cc1c[nH]c2ccccc12)C(=O)C1(c2ccccc2)C(=O)NC(=O)NC1=O. The van der Waals surface area contributed by atoms with Gasteiger partial charge in [0.15, 0.2) is 5.78 Å². The number of carbonyl (C=O) groups excluding carboxylic acids is 4. The monoisotopic (exact) mass is 446 g/mol. The Labute approximate surface area is 191 Å². The van der Waals surface area contributed by atoms with E-state index >= 15 is 0 Å². The van der Waals surface area contributed by atoms with Crippen LogP contribution in [0, 0.1) is 0 Å². The number of barbiturate groups is 1. The van der Waals surface area contributed by atoms with E-state index in [2.05, 4.69) is 20.9 Å². The van der Waals surface area contributed by atoms with Gasteiger partial charge in [0.2, 0.25) is 5.41 Å². The van der Waals surface area contributed by atoms with Gasteiger partial charge in [-0.2, -0.15) is 0 Å². The molecule has 1 fully saturated rings. The minimum absolute atomic E-state index is 0.221. The summed E-state index contributed by atoms with van der Waals surface area (Å²) in [5, 5.41) is 8.48. The van der Waals surface area contributed by atoms with Gasteiger partial charge in [0.1, 0.15) is 0 Å². The summed E-state index contributed by atoms with van der Waals surface area (Å²) in [6.07, 6.45) is 3.86. The van der Waals surface area contributed by atoms with Crippen molar-refractivity contribution in [2.24, 2.45) is 0 Å². The summed E-state index contributed by atoms with van der Waals surface area (Å²) in [5.41, 5.74) is -0.128. The van der Waals surface area contributed by atoms with Crippen molar-refractivity contribution in [3.8, 4) is 0 Å². The fourth-order valence-electron chi connectivity index (χ4n) is 4.34. The smallest absolute Gasteiger partial charge is 0.328 e. The number of hydrogen-bond donors (Lipinski definition) is 4. The van der Waals surface area contributed by atoms with Crippen LogP contribution in [0.2, 0.25) is 0 Å². The number of para-hydroxylation sites is 1. The molecular weight excluding hydrogens is 420 g/mol. The lowest BCUT2D eigenvalue weighted by atomic mass is 9.71. The predicted molar refractivity (Wildman–Crippen MR) is 124 cm³/mol. The third-order valence-corrected chi connectivity index (χ3v) is 6.05. The van der Waals surface area contributed by atoms with Crippen molar-refractivity contribution in [2.75, 3.05) is 6.54 Å². The largest absolute Gasteiger partial charge is 0.361 e. The van der Waals surface area contributed by atoms with E-state index in [1.807, 2.05) is 37.4 Å². The zero-order valence-corrected chi connectivity index (χ0v) is 18.3. The Balaban J connectivity index is 1.78. The van der Waals surface area contributed by atoms with Crippen molar-refractivity contribution >= 4 is 34.5 Å². The summed E-state index contributed by atoms with van der Waals surface area (Å²) in [5.74, 6) is -2.47. The van der Waals surface area contributed by atoms with Crippen molar-refractivity contribution in [3.63, 3.8) is 0 Å². The highest BCUT2D eigenvalue weighted by atomic mass is 16.2. The summed E-state index contributed by atoms with van der Waals surface area (Å²) < 4.78 is 0. The van der Waals surface area contributed by atoms with Crippen LogP contribution >= 0.6 is 0 Å². The standard InChI is InChI=1S/C25H26N4O4/c1-2-3-13-26-20(14-16-15-27-19-12-8-7-11-18(16)19)21(30)25(17-9-5-4-6-10-17)22(31)28-24(33)29-23(25)32/h4-12,15,20,26-27H,2-3,13-14H2,1H3,(H2,28,29,31,32,33)/t20-/m0/s1. The molecule has 2 heterocycles. The summed E-state index contributed by atoms with van der Waals surface area (Å²) in [6.45, 7) is 2.58. The first-order valence-electron chi connectivity index (χ1n) is 11.0. The Kier molecular flexibility index (Phi) is 6.37. The van der Waals surface area contributed by atoms with Gasteiger partial charge in [-0.3, -0.25) is 25.0 Å². The van der Waals surface area contributed by atoms with E-state index in [9.17, 15) is 19.2 Å². The number of carbonyl (C=O) groups is 4. The molecule has 1 aliphatic rings. The number of ketones is 1. The highest BCUT2D eigenvalue weighted by Gasteiger charge is 2.59. The number of Topliss-reactive ketones (excluding diaryl/α,β-unsaturated/α-hetero) is 1. The number of fused-ring (bicyclic) bond motifs is 1. The lowest BCUT2D eigenvalue weighted by Crippen LogP contribution is -2.70. The van der Waals surface area contributed by atoms with E-state index in [0.29, 0.717) is 6.54 Å². The predicted octanol–water partition coefficient (Wildman–Crippen LogP) is 2.34. The van der Waals surface area contributed by atoms with Gasteiger partial charge >= 0.3 is 6.03 Å². The summed E-state index contributed by atoms with van der Waals surface area (Å²) in [4.78, 5) is 55.5. The summed E-state index contributed by atoms with van der Waals surface area (Å²) in [6, 6.07) is 14.1. The number of nitrogens with one attached hydrogen (secondary N) is 4. The number of aromatic nitrogens is 1. The van der Waals surface area contributed by atoms with Crippen LogP contribution in [0.25, 0.3) is 10.9 Å². The Morgan fingerprint density at radius 2 is 1.64 bits per heavy atom. The molecule has 0 aliphatic carbocycles. The van der Waals surface area contributed by atoms with Gasteiger partial charge in [-0.15, -0.1) is 0 Å². The van der Waals surface area contributed by atoms with Crippen LogP contribution in [0.1, 0.15) is 30.9 Å². The Morgan fingerprint density at radius 1 is 0.970 bits per heavy atom. The zero-order valence-electron chi connectivity index (χ0n) is 18.3. The Bertz CT molecular complexity index is 1180.